The van der Waals surface area contributed by atoms with Crippen molar-refractivity contribution < 1.29 is 4.79 Å². The predicted octanol–water partition coefficient (Wildman–Crippen LogP) is 3.28. The molecule has 0 saturated carbocycles. The van der Waals surface area contributed by atoms with Crippen LogP contribution in [-0.2, 0) is 0 Å². The van der Waals surface area contributed by atoms with Crippen LogP contribution in [-0.4, -0.2) is 10.9 Å². The molecule has 1 aromatic carbocycles. The summed E-state index contributed by atoms with van der Waals surface area (Å²) in [5, 5.41) is 11.6. The van der Waals surface area contributed by atoms with Crippen molar-refractivity contribution in [3.63, 3.8) is 0 Å². The SMILES string of the molecule is Cc1ccc(C#N)cc1NC(=O)c1cccnc1Br. The molecule has 0 unspecified atom stereocenters. The van der Waals surface area contributed by atoms with Crippen LogP contribution in [0.25, 0.3) is 0 Å². The number of hydrogen-bond donors (Lipinski definition) is 1. The minimum atomic E-state index is -0.266. The van der Waals surface area contributed by atoms with Crippen molar-refractivity contribution in [3.05, 3.63) is 57.8 Å². The number of carbonyl (C=O) groups excluding carboxylic acids is 1. The Morgan fingerprint density at radius 3 is 2.89 bits per heavy atom. The Morgan fingerprint density at radius 2 is 2.21 bits per heavy atom. The summed E-state index contributed by atoms with van der Waals surface area (Å²) in [5.41, 5.74) is 2.47. The number of carbonyl (C=O) groups is 1. The largest absolute Gasteiger partial charge is 0.322 e. The zero-order chi connectivity index (χ0) is 13.8. The van der Waals surface area contributed by atoms with Gasteiger partial charge in [-0.3, -0.25) is 4.79 Å². The molecule has 0 bridgehead atoms. The maximum absolute atomic E-state index is 12.1. The number of benzene rings is 1. The number of nitrogens with zero attached hydrogens (tertiary/aromatic N) is 2. The van der Waals surface area contributed by atoms with E-state index in [1.165, 1.54) is 0 Å². The van der Waals surface area contributed by atoms with Crippen LogP contribution < -0.4 is 5.32 Å². The van der Waals surface area contributed by atoms with E-state index in [-0.39, 0.29) is 5.91 Å². The van der Waals surface area contributed by atoms with E-state index >= 15 is 0 Å². The molecule has 0 spiro atoms. The van der Waals surface area contributed by atoms with Gasteiger partial charge in [0.1, 0.15) is 4.60 Å². The van der Waals surface area contributed by atoms with E-state index in [1.54, 1.807) is 36.5 Å². The maximum atomic E-state index is 12.1. The summed E-state index contributed by atoms with van der Waals surface area (Å²) in [6.07, 6.45) is 1.60. The van der Waals surface area contributed by atoms with E-state index in [4.69, 9.17) is 5.26 Å². The van der Waals surface area contributed by atoms with Crippen molar-refractivity contribution in [2.75, 3.05) is 5.32 Å². The Balaban J connectivity index is 2.30. The van der Waals surface area contributed by atoms with Gasteiger partial charge in [0.2, 0.25) is 0 Å². The zero-order valence-corrected chi connectivity index (χ0v) is 11.7. The van der Waals surface area contributed by atoms with Gasteiger partial charge in [-0.15, -0.1) is 0 Å². The van der Waals surface area contributed by atoms with Gasteiger partial charge in [-0.25, -0.2) is 4.98 Å². The summed E-state index contributed by atoms with van der Waals surface area (Å²) in [6, 6.07) is 10.6. The van der Waals surface area contributed by atoms with E-state index in [9.17, 15) is 4.79 Å². The lowest BCUT2D eigenvalue weighted by Crippen LogP contribution is -2.14. The predicted molar refractivity (Wildman–Crippen MR) is 75.8 cm³/mol. The molecule has 19 heavy (non-hydrogen) atoms. The van der Waals surface area contributed by atoms with E-state index in [1.807, 2.05) is 13.0 Å². The summed E-state index contributed by atoms with van der Waals surface area (Å²) < 4.78 is 0.488. The van der Waals surface area contributed by atoms with Gasteiger partial charge in [-0.2, -0.15) is 5.26 Å². The van der Waals surface area contributed by atoms with Gasteiger partial charge >= 0.3 is 0 Å². The minimum Gasteiger partial charge on any atom is -0.322 e. The Morgan fingerprint density at radius 1 is 1.42 bits per heavy atom. The van der Waals surface area contributed by atoms with Gasteiger partial charge in [-0.05, 0) is 52.7 Å². The van der Waals surface area contributed by atoms with Crippen molar-refractivity contribution in [2.24, 2.45) is 0 Å². The van der Waals surface area contributed by atoms with Crippen molar-refractivity contribution in [1.82, 2.24) is 4.98 Å². The Bertz CT molecular complexity index is 677. The Hall–Kier alpha value is -2.19. The van der Waals surface area contributed by atoms with Gasteiger partial charge in [0.05, 0.1) is 17.2 Å². The number of nitrogens with one attached hydrogen (secondary N) is 1. The molecule has 0 aliphatic carbocycles. The van der Waals surface area contributed by atoms with Crippen molar-refractivity contribution in [3.8, 4) is 6.07 Å². The van der Waals surface area contributed by atoms with E-state index in [2.05, 4.69) is 26.2 Å². The molecule has 0 saturated heterocycles. The number of rotatable bonds is 2. The second kappa shape index (κ2) is 5.63. The molecule has 1 heterocycles. The molecule has 5 heteroatoms. The topological polar surface area (TPSA) is 65.8 Å². The third-order valence-electron chi connectivity index (χ3n) is 2.62. The van der Waals surface area contributed by atoms with Gasteiger partial charge in [0.25, 0.3) is 5.91 Å². The molecule has 1 aromatic heterocycles. The average molecular weight is 316 g/mol. The second-order valence-electron chi connectivity index (χ2n) is 3.94. The van der Waals surface area contributed by atoms with Crippen molar-refractivity contribution in [1.29, 1.82) is 5.26 Å². The molecule has 0 fully saturated rings. The summed E-state index contributed by atoms with van der Waals surface area (Å²) in [6.45, 7) is 1.87. The highest BCUT2D eigenvalue weighted by molar-refractivity contribution is 9.10. The summed E-state index contributed by atoms with van der Waals surface area (Å²) in [4.78, 5) is 16.1. The van der Waals surface area contributed by atoms with Gasteiger partial charge in [-0.1, -0.05) is 6.07 Å². The number of halogens is 1. The van der Waals surface area contributed by atoms with Gasteiger partial charge in [0, 0.05) is 11.9 Å². The number of anilines is 1. The lowest BCUT2D eigenvalue weighted by atomic mass is 10.1. The van der Waals surface area contributed by atoms with E-state index < -0.39 is 0 Å². The fraction of sp³-hybridized carbons (Fsp3) is 0.0714. The van der Waals surface area contributed by atoms with E-state index in [0.29, 0.717) is 21.4 Å². The quantitative estimate of drug-likeness (QED) is 0.865. The van der Waals surface area contributed by atoms with Crippen LogP contribution in [0, 0.1) is 18.3 Å². The van der Waals surface area contributed by atoms with Crippen LogP contribution in [0.2, 0.25) is 0 Å². The molecule has 0 aliphatic heterocycles. The first-order chi connectivity index (χ1) is 9.11. The van der Waals surface area contributed by atoms with Crippen molar-refractivity contribution in [2.45, 2.75) is 6.92 Å². The number of pyridine rings is 1. The van der Waals surface area contributed by atoms with Crippen LogP contribution in [0.5, 0.6) is 0 Å². The van der Waals surface area contributed by atoms with Crippen LogP contribution in [0.15, 0.2) is 41.1 Å². The lowest BCUT2D eigenvalue weighted by Gasteiger charge is -2.09. The molecular weight excluding hydrogens is 306 g/mol. The fourth-order valence-corrected chi connectivity index (χ4v) is 2.00. The van der Waals surface area contributed by atoms with Crippen LogP contribution in [0.4, 0.5) is 5.69 Å². The first-order valence-electron chi connectivity index (χ1n) is 5.54. The standard InChI is InChI=1S/C14H10BrN3O/c1-9-4-5-10(8-16)7-12(9)18-14(19)11-3-2-6-17-13(11)15/h2-7H,1H3,(H,18,19). The molecule has 94 valence electrons. The molecule has 0 atom stereocenters. The Kier molecular flexibility index (Phi) is 3.93. The fourth-order valence-electron chi connectivity index (χ4n) is 1.57. The molecule has 0 aliphatic rings. The third kappa shape index (κ3) is 2.98. The Labute approximate surface area is 119 Å². The first kappa shape index (κ1) is 13.2. The average Bonchev–Trinajstić information content (AvgIpc) is 2.41. The number of aryl methyl sites for hydroxylation is 1. The van der Waals surface area contributed by atoms with Crippen LogP contribution in [0.3, 0.4) is 0 Å². The number of nitriles is 1. The zero-order valence-electron chi connectivity index (χ0n) is 10.1. The second-order valence-corrected chi connectivity index (χ2v) is 4.69. The first-order valence-corrected chi connectivity index (χ1v) is 6.33. The molecule has 4 nitrogen and oxygen atoms in total. The monoisotopic (exact) mass is 315 g/mol. The van der Waals surface area contributed by atoms with E-state index in [0.717, 1.165) is 5.56 Å². The number of amides is 1. The van der Waals surface area contributed by atoms with Crippen LogP contribution in [0.1, 0.15) is 21.5 Å². The lowest BCUT2D eigenvalue weighted by molar-refractivity contribution is 0.102. The van der Waals surface area contributed by atoms with Gasteiger partial charge < -0.3 is 5.32 Å². The molecular formula is C14H10BrN3O. The smallest absolute Gasteiger partial charge is 0.258 e. The highest BCUT2D eigenvalue weighted by Gasteiger charge is 2.11. The normalized spacial score (nSPS) is 9.74. The van der Waals surface area contributed by atoms with Gasteiger partial charge in [0.15, 0.2) is 0 Å². The third-order valence-corrected chi connectivity index (χ3v) is 3.25. The highest BCUT2D eigenvalue weighted by atomic mass is 79.9. The van der Waals surface area contributed by atoms with Crippen LogP contribution >= 0.6 is 15.9 Å². The molecule has 0 radical (unpaired) electrons. The van der Waals surface area contributed by atoms with Crippen molar-refractivity contribution >= 4 is 27.5 Å². The summed E-state index contributed by atoms with van der Waals surface area (Å²) in [7, 11) is 0. The highest BCUT2D eigenvalue weighted by Crippen LogP contribution is 2.19. The maximum Gasteiger partial charge on any atom is 0.258 e. The molecule has 2 rings (SSSR count). The molecule has 1 N–H and O–H groups in total. The minimum absolute atomic E-state index is 0.266. The molecule has 1 amide bonds. The number of aromatic nitrogens is 1. The number of hydrogen-bond acceptors (Lipinski definition) is 3. The summed E-state index contributed by atoms with van der Waals surface area (Å²) in [5.74, 6) is -0.266. The summed E-state index contributed by atoms with van der Waals surface area (Å²) >= 11 is 3.23. The molecule has 2 aromatic rings.